The fourth-order valence-corrected chi connectivity index (χ4v) is 11.6. The number of allylic oxidation sites excluding steroid dienone is 1. The minimum absolute atomic E-state index is 0.0239. The molecular weight excluding hydrogens is 695 g/mol. The number of rotatable bonds is 18. The second-order valence-corrected chi connectivity index (χ2v) is 18.5. The average Bonchev–Trinajstić information content (AvgIpc) is 3.61. The molecule has 1 aromatic carbocycles. The van der Waals surface area contributed by atoms with Crippen LogP contribution in [0.3, 0.4) is 0 Å². The van der Waals surface area contributed by atoms with Crippen LogP contribution in [0.15, 0.2) is 36.0 Å². The standard InChI is InChI=1S/C41H61N2O9P/c1-4-5-19-52-41(37(47)27-44)36(46)23-33-32-17-16-29-21-34-28(24-39(29,2)38(32)35(45)25-40(33,41)3)26-42-43(34)30-14-13-15-31(22-30)51-18-11-9-7-6-8-10-12-20-53(48,49)50/h13-15,21-22,26,32-33,35-36,38,44-46H,4-12,16-20,23-25,27H2,1-3H3,(H2,48,49,50)/t32-,33-,35-,36+,38+,39-,40-,41-/m0/s1. The van der Waals surface area contributed by atoms with E-state index in [1.807, 2.05) is 49.0 Å². The van der Waals surface area contributed by atoms with Crippen molar-refractivity contribution < 1.29 is 43.9 Å². The van der Waals surface area contributed by atoms with E-state index < -0.39 is 43.2 Å². The van der Waals surface area contributed by atoms with Crippen LogP contribution in [0.4, 0.5) is 0 Å². The van der Waals surface area contributed by atoms with E-state index in [0.717, 1.165) is 93.3 Å². The van der Waals surface area contributed by atoms with E-state index in [4.69, 9.17) is 24.4 Å². The van der Waals surface area contributed by atoms with Gasteiger partial charge in [-0.3, -0.25) is 9.36 Å². The number of carbonyl (C=O) groups is 1. The third kappa shape index (κ3) is 7.74. The zero-order chi connectivity index (χ0) is 38.0. The number of Topliss-reactive ketones (excluding diaryl/α,β-unsaturated/α-hetero) is 1. The lowest BCUT2D eigenvalue weighted by molar-refractivity contribution is -0.209. The van der Waals surface area contributed by atoms with Gasteiger partial charge in [0.1, 0.15) is 12.4 Å². The maximum atomic E-state index is 13.5. The number of fused-ring (bicyclic) bond motifs is 6. The largest absolute Gasteiger partial charge is 0.494 e. The summed E-state index contributed by atoms with van der Waals surface area (Å²) in [5, 5.41) is 38.7. The lowest BCUT2D eigenvalue weighted by Crippen LogP contribution is -2.65. The Morgan fingerprint density at radius 3 is 2.49 bits per heavy atom. The summed E-state index contributed by atoms with van der Waals surface area (Å²) in [6.45, 7) is 6.57. The molecule has 11 nitrogen and oxygen atoms in total. The molecule has 1 aromatic heterocycles. The summed E-state index contributed by atoms with van der Waals surface area (Å²) >= 11 is 0. The minimum Gasteiger partial charge on any atom is -0.494 e. The van der Waals surface area contributed by atoms with Crippen LogP contribution < -0.4 is 4.74 Å². The second-order valence-electron chi connectivity index (χ2n) is 16.7. The van der Waals surface area contributed by atoms with E-state index in [-0.39, 0.29) is 29.3 Å². The Kier molecular flexibility index (Phi) is 12.5. The van der Waals surface area contributed by atoms with Gasteiger partial charge >= 0.3 is 7.60 Å². The predicted octanol–water partition coefficient (Wildman–Crippen LogP) is 6.40. The van der Waals surface area contributed by atoms with Crippen LogP contribution in [-0.2, 0) is 20.5 Å². The molecule has 0 aliphatic heterocycles. The van der Waals surface area contributed by atoms with E-state index in [9.17, 15) is 24.7 Å². The molecule has 0 unspecified atom stereocenters. The Bertz CT molecular complexity index is 1670. The molecular formula is C41H61N2O9P. The summed E-state index contributed by atoms with van der Waals surface area (Å²) in [5.74, 6) is 0.325. The number of ether oxygens (including phenoxy) is 2. The molecule has 6 rings (SSSR count). The zero-order valence-electron chi connectivity index (χ0n) is 31.8. The summed E-state index contributed by atoms with van der Waals surface area (Å²) in [6.07, 6.45) is 13.8. The van der Waals surface area contributed by atoms with Gasteiger partial charge in [0.05, 0.1) is 36.4 Å². The van der Waals surface area contributed by atoms with Gasteiger partial charge in [0.15, 0.2) is 11.4 Å². The molecule has 1 heterocycles. The normalized spacial score (nSPS) is 32.0. The lowest BCUT2D eigenvalue weighted by Gasteiger charge is -2.60. The molecule has 0 amide bonds. The molecule has 12 heteroatoms. The number of nitrogens with zero attached hydrogens (tertiary/aromatic N) is 2. The van der Waals surface area contributed by atoms with Crippen LogP contribution in [-0.4, -0.2) is 84.5 Å². The minimum atomic E-state index is -3.88. The Morgan fingerprint density at radius 2 is 1.77 bits per heavy atom. The molecule has 3 fully saturated rings. The number of benzene rings is 1. The highest BCUT2D eigenvalue weighted by molar-refractivity contribution is 7.51. The van der Waals surface area contributed by atoms with Crippen molar-refractivity contribution in [1.82, 2.24) is 9.78 Å². The fraction of sp³-hybridized carbons (Fsp3) is 0.707. The first-order chi connectivity index (χ1) is 25.3. The van der Waals surface area contributed by atoms with Crippen molar-refractivity contribution in [2.75, 3.05) is 26.0 Å². The van der Waals surface area contributed by atoms with Gasteiger partial charge in [-0.25, -0.2) is 4.68 Å². The first-order valence-electron chi connectivity index (χ1n) is 20.0. The quantitative estimate of drug-likeness (QED) is 0.0847. The van der Waals surface area contributed by atoms with Crippen molar-refractivity contribution in [3.63, 3.8) is 0 Å². The fourth-order valence-electron chi connectivity index (χ4n) is 10.9. The number of unbranched alkanes of at least 4 members (excludes halogenated alkanes) is 7. The SMILES string of the molecule is CCCCO[C@]1(C(=O)CO)[C@H](O)C[C@H]2[C@@H]3CCC4=Cc5c(cnn5-c5cccc(OCCCCCCCCCP(=O)(O)O)c5)C[C@]4(C)[C@H]3[C@@H](O)C[C@@]21C. The summed E-state index contributed by atoms with van der Waals surface area (Å²) in [7, 11) is -3.88. The number of carbonyl (C=O) groups excluding carboxylic acids is 1. The summed E-state index contributed by atoms with van der Waals surface area (Å²) < 4.78 is 25.5. The van der Waals surface area contributed by atoms with Crippen LogP contribution in [0.2, 0.25) is 0 Å². The Labute approximate surface area is 314 Å². The summed E-state index contributed by atoms with van der Waals surface area (Å²) in [4.78, 5) is 31.5. The smallest absolute Gasteiger partial charge is 0.325 e. The third-order valence-corrected chi connectivity index (χ3v) is 14.3. The second kappa shape index (κ2) is 16.4. The van der Waals surface area contributed by atoms with Gasteiger partial charge in [-0.1, -0.05) is 70.9 Å². The monoisotopic (exact) mass is 756 g/mol. The van der Waals surface area contributed by atoms with Crippen molar-refractivity contribution in [2.24, 2.45) is 28.6 Å². The topological polar surface area (TPSA) is 172 Å². The molecule has 2 aromatic rings. The lowest BCUT2D eigenvalue weighted by atomic mass is 9.45. The Balaban J connectivity index is 1.12. The van der Waals surface area contributed by atoms with E-state index in [1.54, 1.807) is 0 Å². The van der Waals surface area contributed by atoms with E-state index >= 15 is 0 Å². The van der Waals surface area contributed by atoms with Gasteiger partial charge in [0.25, 0.3) is 0 Å². The first kappa shape index (κ1) is 40.3. The van der Waals surface area contributed by atoms with Gasteiger partial charge in [-0.2, -0.15) is 5.10 Å². The molecule has 0 saturated heterocycles. The highest BCUT2D eigenvalue weighted by Crippen LogP contribution is 2.68. The number of aromatic nitrogens is 2. The molecule has 0 radical (unpaired) electrons. The molecule has 294 valence electrons. The van der Waals surface area contributed by atoms with Gasteiger partial charge in [-0.05, 0) is 98.3 Å². The highest BCUT2D eigenvalue weighted by Gasteiger charge is 2.72. The molecule has 5 N–H and O–H groups in total. The maximum absolute atomic E-state index is 13.5. The molecule has 0 bridgehead atoms. The number of aliphatic hydroxyl groups is 3. The van der Waals surface area contributed by atoms with Crippen molar-refractivity contribution >= 4 is 19.5 Å². The van der Waals surface area contributed by atoms with Gasteiger partial charge in [-0.15, -0.1) is 0 Å². The first-order valence-corrected chi connectivity index (χ1v) is 21.8. The maximum Gasteiger partial charge on any atom is 0.325 e. The molecule has 0 spiro atoms. The number of hydrogen-bond donors (Lipinski definition) is 5. The molecule has 53 heavy (non-hydrogen) atoms. The van der Waals surface area contributed by atoms with Crippen LogP contribution >= 0.6 is 7.60 Å². The summed E-state index contributed by atoms with van der Waals surface area (Å²) in [6, 6.07) is 8.01. The van der Waals surface area contributed by atoms with Gasteiger partial charge < -0.3 is 34.6 Å². The van der Waals surface area contributed by atoms with Gasteiger partial charge in [0.2, 0.25) is 0 Å². The van der Waals surface area contributed by atoms with Crippen LogP contribution in [0.25, 0.3) is 11.8 Å². The number of ketones is 1. The Morgan fingerprint density at radius 1 is 1.04 bits per heavy atom. The number of hydrogen-bond acceptors (Lipinski definition) is 8. The predicted molar refractivity (Wildman–Crippen MR) is 203 cm³/mol. The molecule has 4 aliphatic carbocycles. The zero-order valence-corrected chi connectivity index (χ0v) is 32.7. The molecule has 3 saturated carbocycles. The van der Waals surface area contributed by atoms with Crippen LogP contribution in [0.5, 0.6) is 5.75 Å². The molecule has 8 atom stereocenters. The summed E-state index contributed by atoms with van der Waals surface area (Å²) in [5.41, 5.74) is 1.78. The average molecular weight is 757 g/mol. The number of aliphatic hydroxyl groups excluding tert-OH is 3. The van der Waals surface area contributed by atoms with Gasteiger partial charge in [0, 0.05) is 24.3 Å². The van der Waals surface area contributed by atoms with Crippen molar-refractivity contribution in [2.45, 2.75) is 128 Å². The van der Waals surface area contributed by atoms with E-state index in [1.165, 1.54) is 5.57 Å². The third-order valence-electron chi connectivity index (χ3n) is 13.4. The van der Waals surface area contributed by atoms with Crippen molar-refractivity contribution in [3.8, 4) is 11.4 Å². The van der Waals surface area contributed by atoms with Crippen molar-refractivity contribution in [3.05, 3.63) is 47.3 Å². The highest BCUT2D eigenvalue weighted by atomic mass is 31.2. The Hall–Kier alpha value is -2.37. The van der Waals surface area contributed by atoms with E-state index in [2.05, 4.69) is 13.0 Å². The molecule has 4 aliphatic rings. The van der Waals surface area contributed by atoms with Crippen LogP contribution in [0.1, 0.15) is 115 Å². The van der Waals surface area contributed by atoms with Crippen molar-refractivity contribution in [1.29, 1.82) is 0 Å². The van der Waals surface area contributed by atoms with Crippen LogP contribution in [0, 0.1) is 28.6 Å². The van der Waals surface area contributed by atoms with E-state index in [0.29, 0.717) is 32.5 Å².